The lowest BCUT2D eigenvalue weighted by molar-refractivity contribution is 0.0784. The molecule has 8 heteroatoms. The highest BCUT2D eigenvalue weighted by atomic mass is 16.5. The lowest BCUT2D eigenvalue weighted by atomic mass is 10.1. The summed E-state index contributed by atoms with van der Waals surface area (Å²) in [6.07, 6.45) is 6.68. The number of carbonyl (C=O) groups is 1. The predicted molar refractivity (Wildman–Crippen MR) is 115 cm³/mol. The van der Waals surface area contributed by atoms with Crippen LogP contribution >= 0.6 is 0 Å². The Morgan fingerprint density at radius 1 is 1.23 bits per heavy atom. The fourth-order valence-electron chi connectivity index (χ4n) is 3.37. The first-order valence-electron chi connectivity index (χ1n) is 9.75. The van der Waals surface area contributed by atoms with E-state index in [1.807, 2.05) is 13.0 Å². The first-order valence-corrected chi connectivity index (χ1v) is 9.75. The number of nitrogens with one attached hydrogen (secondary N) is 1. The topological polar surface area (TPSA) is 108 Å². The van der Waals surface area contributed by atoms with Crippen LogP contribution in [0.3, 0.4) is 0 Å². The van der Waals surface area contributed by atoms with Crippen molar-refractivity contribution in [2.45, 2.75) is 13.5 Å². The monoisotopic (exact) mass is 412 g/mol. The van der Waals surface area contributed by atoms with Gasteiger partial charge in [0, 0.05) is 48.7 Å². The Bertz CT molecular complexity index is 1290. The molecule has 0 radical (unpaired) electrons. The first-order chi connectivity index (χ1) is 15.1. The molecule has 1 aromatic carbocycles. The van der Waals surface area contributed by atoms with Crippen LogP contribution in [0.2, 0.25) is 0 Å². The van der Waals surface area contributed by atoms with Crippen molar-refractivity contribution in [3.8, 4) is 23.1 Å². The Kier molecular flexibility index (Phi) is 5.58. The number of amides is 1. The molecule has 8 nitrogen and oxygen atoms in total. The number of ether oxygens (including phenoxy) is 1. The summed E-state index contributed by atoms with van der Waals surface area (Å²) in [4.78, 5) is 23.4. The molecule has 3 heterocycles. The van der Waals surface area contributed by atoms with Gasteiger partial charge in [0.1, 0.15) is 11.4 Å². The zero-order valence-corrected chi connectivity index (χ0v) is 17.2. The van der Waals surface area contributed by atoms with Crippen LogP contribution in [-0.2, 0) is 6.54 Å². The average Bonchev–Trinajstić information content (AvgIpc) is 3.29. The van der Waals surface area contributed by atoms with Crippen LogP contribution < -0.4 is 4.74 Å². The van der Waals surface area contributed by atoms with Crippen molar-refractivity contribution in [3.63, 3.8) is 0 Å². The summed E-state index contributed by atoms with van der Waals surface area (Å²) in [5, 5.41) is 17.1. The maximum atomic E-state index is 13.1. The van der Waals surface area contributed by atoms with E-state index < -0.39 is 0 Å². The predicted octanol–water partition coefficient (Wildman–Crippen LogP) is 3.56. The average molecular weight is 412 g/mol. The lowest BCUT2D eigenvalue weighted by Gasteiger charge is -2.18. The van der Waals surface area contributed by atoms with E-state index in [1.165, 1.54) is 6.20 Å². The van der Waals surface area contributed by atoms with Crippen LogP contribution in [0.1, 0.15) is 28.4 Å². The van der Waals surface area contributed by atoms with E-state index in [4.69, 9.17) is 4.74 Å². The van der Waals surface area contributed by atoms with Crippen molar-refractivity contribution in [2.75, 3.05) is 13.7 Å². The van der Waals surface area contributed by atoms with Crippen molar-refractivity contribution >= 4 is 16.8 Å². The number of hydrogen-bond acceptors (Lipinski definition) is 6. The molecule has 0 aliphatic heterocycles. The summed E-state index contributed by atoms with van der Waals surface area (Å²) in [6, 6.07) is 10.9. The summed E-state index contributed by atoms with van der Waals surface area (Å²) in [6.45, 7) is 2.66. The highest BCUT2D eigenvalue weighted by Gasteiger charge is 2.18. The van der Waals surface area contributed by atoms with E-state index in [1.54, 1.807) is 54.8 Å². The van der Waals surface area contributed by atoms with Crippen molar-refractivity contribution < 1.29 is 9.53 Å². The van der Waals surface area contributed by atoms with Gasteiger partial charge in [-0.2, -0.15) is 10.4 Å². The Balaban J connectivity index is 1.62. The summed E-state index contributed by atoms with van der Waals surface area (Å²) in [7, 11) is 1.72. The normalized spacial score (nSPS) is 10.6. The molecule has 1 amide bonds. The molecule has 31 heavy (non-hydrogen) atoms. The minimum absolute atomic E-state index is 0.192. The molecule has 0 fully saturated rings. The molecule has 0 unspecified atom stereocenters. The summed E-state index contributed by atoms with van der Waals surface area (Å²) < 4.78 is 5.76. The fraction of sp³-hybridized carbons (Fsp3) is 0.174. The largest absolute Gasteiger partial charge is 0.492 e. The zero-order chi connectivity index (χ0) is 21.8. The Hall–Kier alpha value is -4.25. The van der Waals surface area contributed by atoms with Gasteiger partial charge in [-0.25, -0.2) is 0 Å². The second-order valence-corrected chi connectivity index (χ2v) is 6.99. The second kappa shape index (κ2) is 8.63. The summed E-state index contributed by atoms with van der Waals surface area (Å²) in [5.74, 6) is 0.302. The van der Waals surface area contributed by atoms with Crippen LogP contribution in [-0.4, -0.2) is 44.6 Å². The van der Waals surface area contributed by atoms with Crippen LogP contribution in [0.25, 0.3) is 22.2 Å². The van der Waals surface area contributed by atoms with Crippen LogP contribution in [0, 0.1) is 11.3 Å². The van der Waals surface area contributed by atoms with Gasteiger partial charge in [-0.1, -0.05) is 12.1 Å². The number of rotatable bonds is 6. The third-order valence-corrected chi connectivity index (χ3v) is 4.85. The number of nitrogens with zero attached hydrogens (tertiary/aromatic N) is 5. The molecule has 4 rings (SSSR count). The first kappa shape index (κ1) is 20.0. The molecule has 0 bridgehead atoms. The number of nitriles is 1. The van der Waals surface area contributed by atoms with Gasteiger partial charge in [-0.15, -0.1) is 0 Å². The number of aromatic nitrogens is 4. The number of carbonyl (C=O) groups excluding carboxylic acids is 1. The number of benzene rings is 1. The molecular formula is C23H20N6O2. The van der Waals surface area contributed by atoms with Crippen molar-refractivity contribution in [2.24, 2.45) is 0 Å². The lowest BCUT2D eigenvalue weighted by Crippen LogP contribution is -2.26. The fourth-order valence-corrected chi connectivity index (χ4v) is 3.37. The Morgan fingerprint density at radius 3 is 2.90 bits per heavy atom. The molecule has 0 spiro atoms. The zero-order valence-electron chi connectivity index (χ0n) is 17.2. The van der Waals surface area contributed by atoms with Gasteiger partial charge >= 0.3 is 0 Å². The van der Waals surface area contributed by atoms with Crippen molar-refractivity contribution in [1.29, 1.82) is 5.26 Å². The molecule has 3 aromatic heterocycles. The smallest absolute Gasteiger partial charge is 0.255 e. The highest BCUT2D eigenvalue weighted by Crippen LogP contribution is 2.30. The molecule has 0 aliphatic rings. The molecule has 0 atom stereocenters. The number of H-pyrrole nitrogens is 1. The van der Waals surface area contributed by atoms with Gasteiger partial charge in [0.05, 0.1) is 35.5 Å². The minimum atomic E-state index is -0.192. The molecular weight excluding hydrogens is 392 g/mol. The van der Waals surface area contributed by atoms with Crippen LogP contribution in [0.5, 0.6) is 5.75 Å². The van der Waals surface area contributed by atoms with Gasteiger partial charge in [-0.3, -0.25) is 19.9 Å². The van der Waals surface area contributed by atoms with Gasteiger partial charge < -0.3 is 9.64 Å². The van der Waals surface area contributed by atoms with Gasteiger partial charge in [0.25, 0.3) is 5.91 Å². The van der Waals surface area contributed by atoms with Crippen molar-refractivity contribution in [3.05, 3.63) is 71.8 Å². The number of pyridine rings is 2. The van der Waals surface area contributed by atoms with E-state index in [0.29, 0.717) is 35.7 Å². The molecule has 0 aliphatic carbocycles. The molecule has 0 saturated carbocycles. The number of aromatic amines is 1. The molecule has 154 valence electrons. The van der Waals surface area contributed by atoms with E-state index >= 15 is 0 Å². The van der Waals surface area contributed by atoms with E-state index in [0.717, 1.165) is 22.0 Å². The van der Waals surface area contributed by atoms with Gasteiger partial charge in [-0.05, 0) is 25.1 Å². The standard InChI is InChI=1S/C23H20N6O2/c1-3-31-20-8-17(12-26-22(20)16-6-4-5-15(7-16)9-24)23(30)29(2)14-19-11-25-10-18-13-27-28-21(18)19/h4-8,10-13H,3,14H2,1-2H3,(H,27,28). The quantitative estimate of drug-likeness (QED) is 0.519. The summed E-state index contributed by atoms with van der Waals surface area (Å²) in [5.41, 5.74) is 4.01. The Morgan fingerprint density at radius 2 is 2.10 bits per heavy atom. The van der Waals surface area contributed by atoms with Gasteiger partial charge in [0.15, 0.2) is 0 Å². The molecule has 4 aromatic rings. The summed E-state index contributed by atoms with van der Waals surface area (Å²) >= 11 is 0. The van der Waals surface area contributed by atoms with E-state index in [-0.39, 0.29) is 5.91 Å². The Labute approximate surface area is 179 Å². The molecule has 0 saturated heterocycles. The van der Waals surface area contributed by atoms with Crippen LogP contribution in [0.15, 0.2) is 55.1 Å². The number of hydrogen-bond donors (Lipinski definition) is 1. The highest BCUT2D eigenvalue weighted by molar-refractivity contribution is 5.95. The third kappa shape index (κ3) is 4.07. The van der Waals surface area contributed by atoms with Gasteiger partial charge in [0.2, 0.25) is 0 Å². The third-order valence-electron chi connectivity index (χ3n) is 4.85. The number of fused-ring (bicyclic) bond motifs is 1. The maximum Gasteiger partial charge on any atom is 0.255 e. The molecule has 1 N–H and O–H groups in total. The van der Waals surface area contributed by atoms with Crippen molar-refractivity contribution in [1.82, 2.24) is 25.1 Å². The maximum absolute atomic E-state index is 13.1. The van der Waals surface area contributed by atoms with Crippen LogP contribution in [0.4, 0.5) is 0 Å². The van der Waals surface area contributed by atoms with E-state index in [2.05, 4.69) is 26.2 Å². The minimum Gasteiger partial charge on any atom is -0.492 e. The second-order valence-electron chi connectivity index (χ2n) is 6.99. The van der Waals surface area contributed by atoms with E-state index in [9.17, 15) is 10.1 Å². The SMILES string of the molecule is CCOc1cc(C(=O)N(C)Cc2cncc3cn[nH]c23)cnc1-c1cccc(C#N)c1.